The highest BCUT2D eigenvalue weighted by molar-refractivity contribution is 5.94. The van der Waals surface area contributed by atoms with E-state index in [2.05, 4.69) is 16.7 Å². The zero-order valence-corrected chi connectivity index (χ0v) is 14.7. The zero-order valence-electron chi connectivity index (χ0n) is 14.7. The number of likely N-dealkylation sites (tertiary alicyclic amines) is 1. The Labute approximate surface area is 149 Å². The fourth-order valence-corrected chi connectivity index (χ4v) is 3.59. The summed E-state index contributed by atoms with van der Waals surface area (Å²) in [5.41, 5.74) is 2.21. The Morgan fingerprint density at radius 1 is 1.12 bits per heavy atom. The summed E-state index contributed by atoms with van der Waals surface area (Å²) in [7, 11) is 0. The van der Waals surface area contributed by atoms with E-state index in [4.69, 9.17) is 0 Å². The van der Waals surface area contributed by atoms with Gasteiger partial charge in [-0.15, -0.1) is 0 Å². The molecule has 0 radical (unpaired) electrons. The summed E-state index contributed by atoms with van der Waals surface area (Å²) >= 11 is 0. The van der Waals surface area contributed by atoms with Crippen LogP contribution in [0.4, 0.5) is 10.5 Å². The molecule has 25 heavy (non-hydrogen) atoms. The summed E-state index contributed by atoms with van der Waals surface area (Å²) < 4.78 is 0. The van der Waals surface area contributed by atoms with Gasteiger partial charge in [0.25, 0.3) is 0 Å². The fourth-order valence-electron chi connectivity index (χ4n) is 3.59. The van der Waals surface area contributed by atoms with Crippen LogP contribution in [0.5, 0.6) is 0 Å². The molecule has 1 atom stereocenters. The topological polar surface area (TPSA) is 61.4 Å². The van der Waals surface area contributed by atoms with Crippen molar-refractivity contribution in [2.24, 2.45) is 0 Å². The van der Waals surface area contributed by atoms with Crippen LogP contribution < -0.4 is 10.6 Å². The van der Waals surface area contributed by atoms with E-state index in [1.807, 2.05) is 30.3 Å². The standard InChI is InChI=1S/C20H27N3O2/c24-19(21-14-13-16-8-3-1-4-9-16)18-12-7-15-23(18)20(25)22-17-10-5-2-6-11-17/h2,5-6,8,10-11,18H,1,3-4,7,9,12-15H2,(H,21,24)(H,22,25). The lowest BCUT2D eigenvalue weighted by Crippen LogP contribution is -2.47. The number of urea groups is 1. The van der Waals surface area contributed by atoms with Crippen molar-refractivity contribution >= 4 is 17.6 Å². The van der Waals surface area contributed by atoms with Crippen LogP contribution in [0.2, 0.25) is 0 Å². The highest BCUT2D eigenvalue weighted by Crippen LogP contribution is 2.21. The number of benzene rings is 1. The SMILES string of the molecule is O=C(NCCC1=CCCCC1)C1CCCN1C(=O)Nc1ccccc1. The number of hydrogen-bond acceptors (Lipinski definition) is 2. The molecule has 2 N–H and O–H groups in total. The number of carbonyl (C=O) groups is 2. The van der Waals surface area contributed by atoms with Gasteiger partial charge in [-0.25, -0.2) is 4.79 Å². The Balaban J connectivity index is 1.49. The van der Waals surface area contributed by atoms with Crippen molar-refractivity contribution in [1.82, 2.24) is 10.2 Å². The summed E-state index contributed by atoms with van der Waals surface area (Å²) in [4.78, 5) is 26.6. The van der Waals surface area contributed by atoms with Crippen LogP contribution in [0.25, 0.3) is 0 Å². The molecule has 3 amide bonds. The molecule has 134 valence electrons. The average molecular weight is 341 g/mol. The van der Waals surface area contributed by atoms with Crippen LogP contribution in [-0.4, -0.2) is 36.0 Å². The Morgan fingerprint density at radius 3 is 2.72 bits per heavy atom. The van der Waals surface area contributed by atoms with Crippen molar-refractivity contribution in [2.45, 2.75) is 51.0 Å². The number of carbonyl (C=O) groups excluding carboxylic acids is 2. The molecular weight excluding hydrogens is 314 g/mol. The number of allylic oxidation sites excluding steroid dienone is 1. The van der Waals surface area contributed by atoms with Crippen LogP contribution in [-0.2, 0) is 4.79 Å². The number of anilines is 1. The predicted molar refractivity (Wildman–Crippen MR) is 99.4 cm³/mol. The van der Waals surface area contributed by atoms with Crippen molar-refractivity contribution < 1.29 is 9.59 Å². The molecule has 1 aromatic carbocycles. The molecule has 5 heteroatoms. The first kappa shape index (κ1) is 17.5. The Kier molecular flexibility index (Phi) is 6.09. The molecule has 2 aliphatic rings. The van der Waals surface area contributed by atoms with Crippen molar-refractivity contribution in [3.05, 3.63) is 42.0 Å². The van der Waals surface area contributed by atoms with E-state index in [0.717, 1.165) is 31.4 Å². The van der Waals surface area contributed by atoms with Gasteiger partial charge in [-0.3, -0.25) is 4.79 Å². The molecule has 0 bridgehead atoms. The van der Waals surface area contributed by atoms with E-state index in [9.17, 15) is 9.59 Å². The number of nitrogens with zero attached hydrogens (tertiary/aromatic N) is 1. The lowest BCUT2D eigenvalue weighted by Gasteiger charge is -2.24. The number of para-hydroxylation sites is 1. The van der Waals surface area contributed by atoms with Gasteiger partial charge in [-0.2, -0.15) is 0 Å². The number of hydrogen-bond donors (Lipinski definition) is 2. The van der Waals surface area contributed by atoms with Crippen molar-refractivity contribution in [3.8, 4) is 0 Å². The first-order chi connectivity index (χ1) is 12.2. The first-order valence-corrected chi connectivity index (χ1v) is 9.32. The number of rotatable bonds is 5. The van der Waals surface area contributed by atoms with E-state index in [-0.39, 0.29) is 18.0 Å². The third-order valence-electron chi connectivity index (χ3n) is 4.97. The third kappa shape index (κ3) is 4.84. The van der Waals surface area contributed by atoms with Gasteiger partial charge in [-0.05, 0) is 57.1 Å². The van der Waals surface area contributed by atoms with Gasteiger partial charge in [0.1, 0.15) is 6.04 Å². The van der Waals surface area contributed by atoms with Gasteiger partial charge in [0, 0.05) is 18.8 Å². The average Bonchev–Trinajstić information content (AvgIpc) is 3.13. The minimum absolute atomic E-state index is 0.0304. The second kappa shape index (κ2) is 8.70. The lowest BCUT2D eigenvalue weighted by atomic mass is 9.97. The van der Waals surface area contributed by atoms with Crippen molar-refractivity contribution in [3.63, 3.8) is 0 Å². The summed E-state index contributed by atoms with van der Waals surface area (Å²) in [5.74, 6) is -0.0304. The molecule has 1 aliphatic carbocycles. The second-order valence-corrected chi connectivity index (χ2v) is 6.80. The molecular formula is C20H27N3O2. The van der Waals surface area contributed by atoms with Gasteiger partial charge in [-0.1, -0.05) is 29.8 Å². The number of amides is 3. The van der Waals surface area contributed by atoms with E-state index < -0.39 is 0 Å². The molecule has 5 nitrogen and oxygen atoms in total. The Hall–Kier alpha value is -2.30. The highest BCUT2D eigenvalue weighted by Gasteiger charge is 2.33. The largest absolute Gasteiger partial charge is 0.354 e. The fraction of sp³-hybridized carbons (Fsp3) is 0.500. The normalized spacial score (nSPS) is 20.1. The summed E-state index contributed by atoms with van der Waals surface area (Å²) in [6.45, 7) is 1.29. The van der Waals surface area contributed by atoms with E-state index in [1.165, 1.54) is 24.8 Å². The molecule has 0 aromatic heterocycles. The van der Waals surface area contributed by atoms with Crippen molar-refractivity contribution in [1.29, 1.82) is 0 Å². The van der Waals surface area contributed by atoms with Crippen LogP contribution >= 0.6 is 0 Å². The van der Waals surface area contributed by atoms with Crippen molar-refractivity contribution in [2.75, 3.05) is 18.4 Å². The van der Waals surface area contributed by atoms with E-state index in [0.29, 0.717) is 13.1 Å². The molecule has 3 rings (SSSR count). The van der Waals surface area contributed by atoms with E-state index in [1.54, 1.807) is 4.90 Å². The monoisotopic (exact) mass is 341 g/mol. The smallest absolute Gasteiger partial charge is 0.322 e. The van der Waals surface area contributed by atoms with Crippen LogP contribution in [0.15, 0.2) is 42.0 Å². The zero-order chi connectivity index (χ0) is 17.5. The molecule has 1 saturated heterocycles. The minimum atomic E-state index is -0.357. The Morgan fingerprint density at radius 2 is 1.96 bits per heavy atom. The summed E-state index contributed by atoms with van der Waals surface area (Å²) in [5, 5.41) is 5.89. The quantitative estimate of drug-likeness (QED) is 0.803. The highest BCUT2D eigenvalue weighted by atomic mass is 16.2. The van der Waals surface area contributed by atoms with Gasteiger partial charge in [0.15, 0.2) is 0 Å². The molecule has 0 saturated carbocycles. The molecule has 1 heterocycles. The minimum Gasteiger partial charge on any atom is -0.354 e. The molecule has 1 unspecified atom stereocenters. The van der Waals surface area contributed by atoms with Gasteiger partial charge < -0.3 is 15.5 Å². The van der Waals surface area contributed by atoms with Gasteiger partial charge >= 0.3 is 6.03 Å². The van der Waals surface area contributed by atoms with Crippen LogP contribution in [0.3, 0.4) is 0 Å². The first-order valence-electron chi connectivity index (χ1n) is 9.32. The van der Waals surface area contributed by atoms with Gasteiger partial charge in [0.05, 0.1) is 0 Å². The predicted octanol–water partition coefficient (Wildman–Crippen LogP) is 3.69. The molecule has 1 aromatic rings. The third-order valence-corrected chi connectivity index (χ3v) is 4.97. The van der Waals surface area contributed by atoms with Crippen LogP contribution in [0.1, 0.15) is 44.9 Å². The summed E-state index contributed by atoms with van der Waals surface area (Å²) in [6.07, 6.45) is 9.70. The maximum absolute atomic E-state index is 12.5. The second-order valence-electron chi connectivity index (χ2n) is 6.80. The number of nitrogens with one attached hydrogen (secondary N) is 2. The maximum Gasteiger partial charge on any atom is 0.322 e. The molecule has 1 fully saturated rings. The lowest BCUT2D eigenvalue weighted by molar-refractivity contribution is -0.124. The van der Waals surface area contributed by atoms with E-state index >= 15 is 0 Å². The molecule has 0 spiro atoms. The Bertz CT molecular complexity index is 627. The summed E-state index contributed by atoms with van der Waals surface area (Å²) in [6, 6.07) is 8.81. The molecule has 1 aliphatic heterocycles. The van der Waals surface area contributed by atoms with Gasteiger partial charge in [0.2, 0.25) is 5.91 Å². The van der Waals surface area contributed by atoms with Crippen LogP contribution in [0, 0.1) is 0 Å². The maximum atomic E-state index is 12.5.